The average molecular weight is 122 g/mol. The van der Waals surface area contributed by atoms with Crippen LogP contribution in [0.25, 0.3) is 0 Å². The van der Waals surface area contributed by atoms with Crippen molar-refractivity contribution in [3.8, 4) is 0 Å². The number of hydrogen-bond donors (Lipinski definition) is 0. The summed E-state index contributed by atoms with van der Waals surface area (Å²) < 4.78 is 0. The van der Waals surface area contributed by atoms with Crippen molar-refractivity contribution >= 4 is 16.9 Å². The van der Waals surface area contributed by atoms with E-state index < -0.39 is 0 Å². The van der Waals surface area contributed by atoms with Gasteiger partial charge in [-0.2, -0.15) is 0 Å². The Morgan fingerprint density at radius 3 is 1.57 bits per heavy atom. The van der Waals surface area contributed by atoms with Crippen LogP contribution in [0.2, 0.25) is 0 Å². The third-order valence-corrected chi connectivity index (χ3v) is 0.862. The minimum Gasteiger partial charge on any atom is -0.288 e. The second kappa shape index (κ2) is 9.39. The summed E-state index contributed by atoms with van der Waals surface area (Å²) in [6.45, 7) is 1.55. The average Bonchev–Trinajstić information content (AvgIpc) is 1.38. The maximum Gasteiger partial charge on any atom is 0.185 e. The van der Waals surface area contributed by atoms with Gasteiger partial charge in [0.15, 0.2) is 5.12 Å². The van der Waals surface area contributed by atoms with E-state index in [1.165, 1.54) is 11.8 Å². The van der Waals surface area contributed by atoms with Crippen LogP contribution in [0.4, 0.5) is 0 Å². The van der Waals surface area contributed by atoms with Crippen molar-refractivity contribution in [3.05, 3.63) is 0 Å². The number of thioether (sulfide) groups is 1. The molecule has 0 unspecified atom stereocenters. The zero-order valence-corrected chi connectivity index (χ0v) is 4.13. The highest BCUT2D eigenvalue weighted by Gasteiger charge is 1.77. The molecule has 0 aromatic rings. The van der Waals surface area contributed by atoms with Crippen LogP contribution in [-0.2, 0) is 4.79 Å². The van der Waals surface area contributed by atoms with Crippen LogP contribution >= 0.6 is 11.8 Å². The van der Waals surface area contributed by atoms with Crippen LogP contribution < -0.4 is 0 Å². The Kier molecular flexibility index (Phi) is 21.1. The molecule has 1 nitrogen and oxygen atoms in total. The normalized spacial score (nSPS) is 5.43. The van der Waals surface area contributed by atoms with E-state index in [-0.39, 0.29) is 20.0 Å². The fourth-order valence-corrected chi connectivity index (χ4v) is 0. The van der Waals surface area contributed by atoms with E-state index in [1.807, 2.05) is 0 Å². The van der Waals surface area contributed by atoms with E-state index in [0.717, 1.165) is 0 Å². The van der Waals surface area contributed by atoms with Gasteiger partial charge in [0.2, 0.25) is 0 Å². The molecule has 0 spiro atoms. The first kappa shape index (κ1) is 15.7. The Labute approximate surface area is 50.5 Å². The van der Waals surface area contributed by atoms with E-state index in [9.17, 15) is 4.79 Å². The van der Waals surface area contributed by atoms with Gasteiger partial charge in [0.05, 0.1) is 0 Å². The third-order valence-electron chi connectivity index (χ3n) is 0.287. The highest BCUT2D eigenvalue weighted by Crippen LogP contribution is 1.88. The maximum absolute atomic E-state index is 9.78. The lowest BCUT2D eigenvalue weighted by Crippen LogP contribution is -1.72. The van der Waals surface area contributed by atoms with Gasteiger partial charge in [0, 0.05) is 6.92 Å². The van der Waals surface area contributed by atoms with Gasteiger partial charge in [-0.25, -0.2) is 0 Å². The van der Waals surface area contributed by atoms with Crippen molar-refractivity contribution in [1.29, 1.82) is 0 Å². The van der Waals surface area contributed by atoms with Crippen LogP contribution in [0, 0.1) is 0 Å². The number of rotatable bonds is 0. The molecular formula is C5H14OS. The SMILES string of the molecule is C.C.CSC(C)=O. The zero-order valence-electron chi connectivity index (χ0n) is 3.32. The van der Waals surface area contributed by atoms with Gasteiger partial charge in [0.25, 0.3) is 0 Å². The predicted octanol–water partition coefficient (Wildman–Crippen LogP) is 2.17. The van der Waals surface area contributed by atoms with Crippen LogP contribution in [0.1, 0.15) is 21.8 Å². The molecule has 0 atom stereocenters. The molecule has 0 saturated heterocycles. The lowest BCUT2D eigenvalue weighted by atomic mass is 10.9. The lowest BCUT2D eigenvalue weighted by molar-refractivity contribution is -0.109. The first-order chi connectivity index (χ1) is 2.27. The van der Waals surface area contributed by atoms with Crippen molar-refractivity contribution in [1.82, 2.24) is 0 Å². The summed E-state index contributed by atoms with van der Waals surface area (Å²) in [5.41, 5.74) is 0. The molecule has 0 N–H and O–H groups in total. The van der Waals surface area contributed by atoms with E-state index in [4.69, 9.17) is 0 Å². The predicted molar refractivity (Wildman–Crippen MR) is 37.7 cm³/mol. The first-order valence-electron chi connectivity index (χ1n) is 1.32. The molecule has 0 saturated carbocycles. The summed E-state index contributed by atoms with van der Waals surface area (Å²) in [5.74, 6) is 0. The Morgan fingerprint density at radius 2 is 1.57 bits per heavy atom. The molecular weight excluding hydrogens is 108 g/mol. The topological polar surface area (TPSA) is 17.1 Å². The van der Waals surface area contributed by atoms with Gasteiger partial charge in [-0.1, -0.05) is 26.6 Å². The monoisotopic (exact) mass is 122 g/mol. The van der Waals surface area contributed by atoms with Crippen LogP contribution in [0.3, 0.4) is 0 Å². The summed E-state index contributed by atoms with van der Waals surface area (Å²) in [7, 11) is 0. The molecule has 0 heterocycles. The molecule has 0 aliphatic carbocycles. The number of hydrogen-bond acceptors (Lipinski definition) is 2. The number of carbonyl (C=O) groups excluding carboxylic acids is 1. The molecule has 7 heavy (non-hydrogen) atoms. The van der Waals surface area contributed by atoms with E-state index in [2.05, 4.69) is 0 Å². The molecule has 0 bridgehead atoms. The zero-order chi connectivity index (χ0) is 4.28. The molecule has 0 rings (SSSR count). The summed E-state index contributed by atoms with van der Waals surface area (Å²) in [5, 5.41) is 0.171. The third kappa shape index (κ3) is 23.8. The Hall–Kier alpha value is 0.0200. The highest BCUT2D eigenvalue weighted by atomic mass is 32.2. The Balaban J connectivity index is -0.0000000800. The molecule has 0 aliphatic rings. The van der Waals surface area contributed by atoms with Gasteiger partial charge in [0.1, 0.15) is 0 Å². The summed E-state index contributed by atoms with van der Waals surface area (Å²) in [6, 6.07) is 0. The molecule has 2 heteroatoms. The number of carbonyl (C=O) groups is 1. The fraction of sp³-hybridized carbons (Fsp3) is 0.800. The van der Waals surface area contributed by atoms with Crippen molar-refractivity contribution in [2.24, 2.45) is 0 Å². The summed E-state index contributed by atoms with van der Waals surface area (Å²) in [6.07, 6.45) is 1.77. The Morgan fingerprint density at radius 1 is 1.43 bits per heavy atom. The smallest absolute Gasteiger partial charge is 0.185 e. The van der Waals surface area contributed by atoms with E-state index >= 15 is 0 Å². The lowest BCUT2D eigenvalue weighted by Gasteiger charge is -1.71. The molecule has 0 aromatic carbocycles. The standard InChI is InChI=1S/C3H6OS.2CH4/c1-3(4)5-2;;/h1-2H3;2*1H4. The van der Waals surface area contributed by atoms with Crippen molar-refractivity contribution in [3.63, 3.8) is 0 Å². The van der Waals surface area contributed by atoms with E-state index in [0.29, 0.717) is 0 Å². The van der Waals surface area contributed by atoms with Gasteiger partial charge >= 0.3 is 0 Å². The fourth-order valence-electron chi connectivity index (χ4n) is 0. The van der Waals surface area contributed by atoms with Gasteiger partial charge in [-0.15, -0.1) is 0 Å². The molecule has 46 valence electrons. The summed E-state index contributed by atoms with van der Waals surface area (Å²) >= 11 is 1.24. The van der Waals surface area contributed by atoms with Gasteiger partial charge in [-0.05, 0) is 6.26 Å². The molecule has 0 fully saturated rings. The maximum atomic E-state index is 9.78. The molecule has 0 aromatic heterocycles. The molecule has 0 amide bonds. The second-order valence-electron chi connectivity index (χ2n) is 0.696. The first-order valence-corrected chi connectivity index (χ1v) is 2.54. The molecule has 0 aliphatic heterocycles. The summed E-state index contributed by atoms with van der Waals surface area (Å²) in [4.78, 5) is 9.78. The van der Waals surface area contributed by atoms with Crippen LogP contribution in [0.5, 0.6) is 0 Å². The van der Waals surface area contributed by atoms with Crippen molar-refractivity contribution in [2.45, 2.75) is 21.8 Å². The second-order valence-corrected chi connectivity index (χ2v) is 1.68. The van der Waals surface area contributed by atoms with Crippen molar-refractivity contribution < 1.29 is 4.79 Å². The highest BCUT2D eigenvalue weighted by molar-refractivity contribution is 8.12. The Bertz CT molecular complexity index is 43.3. The van der Waals surface area contributed by atoms with Crippen molar-refractivity contribution in [2.75, 3.05) is 6.26 Å². The van der Waals surface area contributed by atoms with E-state index in [1.54, 1.807) is 13.2 Å². The largest absolute Gasteiger partial charge is 0.288 e. The molecule has 0 radical (unpaired) electrons. The minimum atomic E-state index is 0. The van der Waals surface area contributed by atoms with Crippen LogP contribution in [-0.4, -0.2) is 11.4 Å². The quantitative estimate of drug-likeness (QED) is 0.490. The van der Waals surface area contributed by atoms with Gasteiger partial charge in [-0.3, -0.25) is 4.79 Å². The van der Waals surface area contributed by atoms with Crippen LogP contribution in [0.15, 0.2) is 0 Å². The van der Waals surface area contributed by atoms with Gasteiger partial charge < -0.3 is 0 Å². The minimum absolute atomic E-state index is 0.